The van der Waals surface area contributed by atoms with Crippen molar-refractivity contribution in [3.63, 3.8) is 0 Å². The van der Waals surface area contributed by atoms with Crippen LogP contribution in [0.4, 0.5) is 0 Å². The van der Waals surface area contributed by atoms with E-state index in [1.807, 2.05) is 12.4 Å². The molecule has 2 N–H and O–H groups in total. The van der Waals surface area contributed by atoms with Crippen LogP contribution >= 0.6 is 0 Å². The summed E-state index contributed by atoms with van der Waals surface area (Å²) in [4.78, 5) is 3.01. The van der Waals surface area contributed by atoms with Gasteiger partial charge in [-0.05, 0) is 11.6 Å². The van der Waals surface area contributed by atoms with Gasteiger partial charge in [-0.2, -0.15) is 0 Å². The molecule has 0 aromatic carbocycles. The fourth-order valence-electron chi connectivity index (χ4n) is 1.09. The molecule has 1 aromatic rings. The molecule has 0 fully saturated rings. The van der Waals surface area contributed by atoms with Crippen molar-refractivity contribution >= 4 is 0 Å². The fourth-order valence-corrected chi connectivity index (χ4v) is 1.09. The Balaban J connectivity index is 1.85. The van der Waals surface area contributed by atoms with E-state index in [0.717, 1.165) is 19.7 Å². The molecule has 0 amide bonds. The SMILES string of the molecule is COCCOCCNCc1cc[nH]c1. The lowest BCUT2D eigenvalue weighted by Crippen LogP contribution is -2.19. The van der Waals surface area contributed by atoms with E-state index in [2.05, 4.69) is 16.4 Å². The number of hydrogen-bond acceptors (Lipinski definition) is 3. The highest BCUT2D eigenvalue weighted by molar-refractivity contribution is 5.07. The second kappa shape index (κ2) is 7.55. The lowest BCUT2D eigenvalue weighted by Gasteiger charge is -2.04. The van der Waals surface area contributed by atoms with Gasteiger partial charge in [-0.25, -0.2) is 0 Å². The molecule has 4 nitrogen and oxygen atoms in total. The average molecular weight is 198 g/mol. The molecule has 0 saturated carbocycles. The van der Waals surface area contributed by atoms with Gasteiger partial charge >= 0.3 is 0 Å². The fraction of sp³-hybridized carbons (Fsp3) is 0.600. The number of aromatic amines is 1. The monoisotopic (exact) mass is 198 g/mol. The van der Waals surface area contributed by atoms with Crippen molar-refractivity contribution in [3.05, 3.63) is 24.0 Å². The van der Waals surface area contributed by atoms with Crippen LogP contribution in [0.1, 0.15) is 5.56 Å². The van der Waals surface area contributed by atoms with E-state index in [1.54, 1.807) is 7.11 Å². The molecule has 0 spiro atoms. The molecule has 14 heavy (non-hydrogen) atoms. The zero-order valence-electron chi connectivity index (χ0n) is 8.58. The van der Waals surface area contributed by atoms with E-state index in [9.17, 15) is 0 Å². The van der Waals surface area contributed by atoms with Crippen LogP contribution in [-0.2, 0) is 16.0 Å². The molecular formula is C10H18N2O2. The molecule has 1 rings (SSSR count). The third kappa shape index (κ3) is 5.01. The van der Waals surface area contributed by atoms with Crippen LogP contribution in [0.3, 0.4) is 0 Å². The predicted molar refractivity (Wildman–Crippen MR) is 55.2 cm³/mol. The maximum atomic E-state index is 5.30. The number of rotatable bonds is 8. The zero-order valence-corrected chi connectivity index (χ0v) is 8.58. The Morgan fingerprint density at radius 2 is 2.29 bits per heavy atom. The molecule has 1 aromatic heterocycles. The number of aromatic nitrogens is 1. The molecule has 0 bridgehead atoms. The first kappa shape index (κ1) is 11.2. The third-order valence-electron chi connectivity index (χ3n) is 1.85. The van der Waals surface area contributed by atoms with Gasteiger partial charge in [-0.1, -0.05) is 0 Å². The van der Waals surface area contributed by atoms with E-state index >= 15 is 0 Å². The van der Waals surface area contributed by atoms with Crippen molar-refractivity contribution in [1.82, 2.24) is 10.3 Å². The number of methoxy groups -OCH3 is 1. The maximum Gasteiger partial charge on any atom is 0.0700 e. The first-order valence-corrected chi connectivity index (χ1v) is 4.82. The third-order valence-corrected chi connectivity index (χ3v) is 1.85. The molecule has 0 saturated heterocycles. The summed E-state index contributed by atoms with van der Waals surface area (Å²) in [5, 5.41) is 3.28. The minimum atomic E-state index is 0.664. The highest BCUT2D eigenvalue weighted by atomic mass is 16.5. The highest BCUT2D eigenvalue weighted by Crippen LogP contribution is 1.93. The van der Waals surface area contributed by atoms with E-state index in [1.165, 1.54) is 5.56 Å². The number of nitrogens with one attached hydrogen (secondary N) is 2. The predicted octanol–water partition coefficient (Wildman–Crippen LogP) is 0.767. The maximum absolute atomic E-state index is 5.30. The van der Waals surface area contributed by atoms with E-state index < -0.39 is 0 Å². The lowest BCUT2D eigenvalue weighted by atomic mass is 10.3. The number of ether oxygens (including phenoxy) is 2. The Hall–Kier alpha value is -0.840. The summed E-state index contributed by atoms with van der Waals surface area (Å²) < 4.78 is 10.2. The number of H-pyrrole nitrogens is 1. The second-order valence-electron chi connectivity index (χ2n) is 3.00. The van der Waals surface area contributed by atoms with Crippen LogP contribution < -0.4 is 5.32 Å². The van der Waals surface area contributed by atoms with Crippen molar-refractivity contribution in [2.75, 3.05) is 33.5 Å². The molecule has 0 aliphatic heterocycles. The second-order valence-corrected chi connectivity index (χ2v) is 3.00. The normalized spacial score (nSPS) is 10.6. The Labute approximate surface area is 84.6 Å². The van der Waals surface area contributed by atoms with Gasteiger partial charge in [0.15, 0.2) is 0 Å². The smallest absolute Gasteiger partial charge is 0.0700 e. The largest absolute Gasteiger partial charge is 0.382 e. The standard InChI is InChI=1S/C10H18N2O2/c1-13-6-7-14-5-4-12-9-10-2-3-11-8-10/h2-3,8,11-12H,4-7,9H2,1H3. The minimum Gasteiger partial charge on any atom is -0.382 e. The highest BCUT2D eigenvalue weighted by Gasteiger charge is 1.91. The Morgan fingerprint density at radius 3 is 3.00 bits per heavy atom. The summed E-state index contributed by atoms with van der Waals surface area (Å²) in [6.07, 6.45) is 3.91. The summed E-state index contributed by atoms with van der Waals surface area (Å²) in [7, 11) is 1.67. The Kier molecular flexibility index (Phi) is 6.06. The summed E-state index contributed by atoms with van der Waals surface area (Å²) in [6, 6.07) is 2.05. The van der Waals surface area contributed by atoms with Crippen molar-refractivity contribution < 1.29 is 9.47 Å². The quantitative estimate of drug-likeness (QED) is 0.606. The van der Waals surface area contributed by atoms with Gasteiger partial charge in [0.05, 0.1) is 19.8 Å². The van der Waals surface area contributed by atoms with Crippen LogP contribution in [0.15, 0.2) is 18.5 Å². The van der Waals surface area contributed by atoms with Gasteiger partial charge in [0, 0.05) is 32.6 Å². The van der Waals surface area contributed by atoms with Crippen molar-refractivity contribution in [1.29, 1.82) is 0 Å². The van der Waals surface area contributed by atoms with Crippen LogP contribution in [0.2, 0.25) is 0 Å². The topological polar surface area (TPSA) is 46.3 Å². The van der Waals surface area contributed by atoms with E-state index in [4.69, 9.17) is 9.47 Å². The van der Waals surface area contributed by atoms with Gasteiger partial charge in [0.1, 0.15) is 0 Å². The molecule has 0 unspecified atom stereocenters. The molecule has 0 aliphatic rings. The summed E-state index contributed by atoms with van der Waals surface area (Å²) >= 11 is 0. The van der Waals surface area contributed by atoms with Crippen LogP contribution in [0, 0.1) is 0 Å². The molecule has 1 heterocycles. The Bertz CT molecular complexity index is 212. The summed E-state index contributed by atoms with van der Waals surface area (Å²) in [6.45, 7) is 3.82. The minimum absolute atomic E-state index is 0.664. The molecule has 80 valence electrons. The summed E-state index contributed by atoms with van der Waals surface area (Å²) in [5.74, 6) is 0. The van der Waals surface area contributed by atoms with Gasteiger partial charge < -0.3 is 19.8 Å². The first-order valence-electron chi connectivity index (χ1n) is 4.82. The molecular weight excluding hydrogens is 180 g/mol. The van der Waals surface area contributed by atoms with Gasteiger partial charge in [0.25, 0.3) is 0 Å². The van der Waals surface area contributed by atoms with Gasteiger partial charge in [-0.15, -0.1) is 0 Å². The first-order chi connectivity index (χ1) is 6.93. The van der Waals surface area contributed by atoms with Crippen LogP contribution in [0.25, 0.3) is 0 Å². The lowest BCUT2D eigenvalue weighted by molar-refractivity contribution is 0.0719. The van der Waals surface area contributed by atoms with Crippen LogP contribution in [0.5, 0.6) is 0 Å². The van der Waals surface area contributed by atoms with E-state index in [0.29, 0.717) is 13.2 Å². The van der Waals surface area contributed by atoms with Crippen molar-refractivity contribution in [3.8, 4) is 0 Å². The van der Waals surface area contributed by atoms with Crippen molar-refractivity contribution in [2.45, 2.75) is 6.54 Å². The molecule has 0 atom stereocenters. The summed E-state index contributed by atoms with van der Waals surface area (Å²) in [5.41, 5.74) is 1.27. The molecule has 0 aliphatic carbocycles. The van der Waals surface area contributed by atoms with Gasteiger partial charge in [-0.3, -0.25) is 0 Å². The molecule has 4 heteroatoms. The van der Waals surface area contributed by atoms with E-state index in [-0.39, 0.29) is 0 Å². The zero-order chi connectivity index (χ0) is 10.1. The van der Waals surface area contributed by atoms with Crippen LogP contribution in [-0.4, -0.2) is 38.5 Å². The average Bonchev–Trinajstić information content (AvgIpc) is 2.69. The molecule has 0 radical (unpaired) electrons. The van der Waals surface area contributed by atoms with Crippen molar-refractivity contribution in [2.24, 2.45) is 0 Å². The number of hydrogen-bond donors (Lipinski definition) is 2. The van der Waals surface area contributed by atoms with Gasteiger partial charge in [0.2, 0.25) is 0 Å². The Morgan fingerprint density at radius 1 is 1.36 bits per heavy atom.